The molecule has 24 heavy (non-hydrogen) atoms. The van der Waals surface area contributed by atoms with Gasteiger partial charge in [0.05, 0.1) is 13.1 Å². The van der Waals surface area contributed by atoms with Crippen LogP contribution >= 0.6 is 24.0 Å². The molecule has 0 atom stereocenters. The number of halogens is 1. The van der Waals surface area contributed by atoms with Gasteiger partial charge in [-0.25, -0.2) is 4.99 Å². The number of carbonyl (C=O) groups excluding carboxylic acids is 1. The van der Waals surface area contributed by atoms with Crippen LogP contribution in [-0.4, -0.2) is 55.4 Å². The van der Waals surface area contributed by atoms with Gasteiger partial charge in [-0.15, -0.1) is 24.0 Å². The Hall–Kier alpha value is -1.31. The molecule has 6 heteroatoms. The number of hydrogen-bond donors (Lipinski definition) is 1. The van der Waals surface area contributed by atoms with Crippen molar-refractivity contribution in [2.24, 2.45) is 10.9 Å². The first-order valence-electron chi connectivity index (χ1n) is 8.33. The second-order valence-corrected chi connectivity index (χ2v) is 6.44. The molecular formula is C18H29IN4O. The highest BCUT2D eigenvalue weighted by atomic mass is 127. The van der Waals surface area contributed by atoms with Gasteiger partial charge >= 0.3 is 0 Å². The number of likely N-dealkylation sites (tertiary alicyclic amines) is 1. The van der Waals surface area contributed by atoms with Crippen molar-refractivity contribution in [1.82, 2.24) is 15.1 Å². The number of nitrogens with zero attached hydrogens (tertiary/aromatic N) is 3. The minimum Gasteiger partial charge on any atom is -0.347 e. The standard InChI is InChI=1S/C18H28N4O.HI/c1-15-9-11-22(12-10-15)18(20-14-17(23)21(2)3)19-13-16-7-5-4-6-8-16;/h4-8,15H,9-14H2,1-3H3,(H,19,20);1H. The molecule has 1 aliphatic heterocycles. The summed E-state index contributed by atoms with van der Waals surface area (Å²) in [7, 11) is 3.54. The Kier molecular flexibility index (Phi) is 9.10. The zero-order valence-electron chi connectivity index (χ0n) is 14.9. The van der Waals surface area contributed by atoms with Crippen molar-refractivity contribution in [2.45, 2.75) is 26.3 Å². The van der Waals surface area contributed by atoms with Gasteiger partial charge in [0, 0.05) is 27.2 Å². The van der Waals surface area contributed by atoms with Gasteiger partial charge in [-0.1, -0.05) is 37.3 Å². The maximum atomic E-state index is 11.8. The van der Waals surface area contributed by atoms with Crippen LogP contribution in [0.15, 0.2) is 35.3 Å². The van der Waals surface area contributed by atoms with Crippen molar-refractivity contribution < 1.29 is 4.79 Å². The van der Waals surface area contributed by atoms with E-state index in [0.29, 0.717) is 6.54 Å². The molecule has 2 rings (SSSR count). The van der Waals surface area contributed by atoms with E-state index in [4.69, 9.17) is 4.99 Å². The van der Waals surface area contributed by atoms with Crippen molar-refractivity contribution in [3.8, 4) is 0 Å². The second-order valence-electron chi connectivity index (χ2n) is 6.44. The predicted octanol–water partition coefficient (Wildman–Crippen LogP) is 2.57. The molecule has 0 aliphatic carbocycles. The van der Waals surface area contributed by atoms with E-state index in [-0.39, 0.29) is 36.4 Å². The Morgan fingerprint density at radius 2 is 1.88 bits per heavy atom. The van der Waals surface area contributed by atoms with Crippen LogP contribution in [0.5, 0.6) is 0 Å². The molecule has 0 spiro atoms. The Bertz CT molecular complexity index is 525. The third-order valence-electron chi connectivity index (χ3n) is 4.23. The van der Waals surface area contributed by atoms with E-state index in [1.807, 2.05) is 18.2 Å². The average Bonchev–Trinajstić information content (AvgIpc) is 2.56. The Balaban J connectivity index is 0.00000288. The number of nitrogens with one attached hydrogen (secondary N) is 1. The Morgan fingerprint density at radius 1 is 1.25 bits per heavy atom. The first kappa shape index (κ1) is 20.7. The molecule has 0 radical (unpaired) electrons. The molecule has 1 saturated heterocycles. The van der Waals surface area contributed by atoms with Crippen molar-refractivity contribution in [3.63, 3.8) is 0 Å². The highest BCUT2D eigenvalue weighted by Crippen LogP contribution is 2.16. The zero-order chi connectivity index (χ0) is 16.7. The van der Waals surface area contributed by atoms with Crippen LogP contribution in [0.4, 0.5) is 0 Å². The number of amides is 1. The summed E-state index contributed by atoms with van der Waals surface area (Å²) in [5.41, 5.74) is 1.18. The molecule has 1 fully saturated rings. The van der Waals surface area contributed by atoms with E-state index >= 15 is 0 Å². The smallest absolute Gasteiger partial charge is 0.241 e. The summed E-state index contributed by atoms with van der Waals surface area (Å²) in [5, 5.41) is 3.24. The molecule has 1 N–H and O–H groups in total. The van der Waals surface area contributed by atoms with Crippen LogP contribution in [0, 0.1) is 5.92 Å². The van der Waals surface area contributed by atoms with Crippen LogP contribution < -0.4 is 5.32 Å². The minimum absolute atomic E-state index is 0. The van der Waals surface area contributed by atoms with Crippen molar-refractivity contribution >= 4 is 35.8 Å². The Morgan fingerprint density at radius 3 is 2.46 bits per heavy atom. The second kappa shape index (κ2) is 10.5. The van der Waals surface area contributed by atoms with Gasteiger partial charge in [-0.3, -0.25) is 4.79 Å². The van der Waals surface area contributed by atoms with Gasteiger partial charge in [0.1, 0.15) is 0 Å². The van der Waals surface area contributed by atoms with Gasteiger partial charge in [-0.2, -0.15) is 0 Å². The number of carbonyl (C=O) groups is 1. The van der Waals surface area contributed by atoms with Crippen molar-refractivity contribution in [1.29, 1.82) is 0 Å². The summed E-state index contributed by atoms with van der Waals surface area (Å²) in [6.07, 6.45) is 2.35. The normalized spacial score (nSPS) is 15.6. The van der Waals surface area contributed by atoms with Gasteiger partial charge in [0.2, 0.25) is 5.91 Å². The highest BCUT2D eigenvalue weighted by Gasteiger charge is 2.19. The number of guanidine groups is 1. The van der Waals surface area contributed by atoms with E-state index in [1.54, 1.807) is 19.0 Å². The molecule has 0 unspecified atom stereocenters. The summed E-state index contributed by atoms with van der Waals surface area (Å²) in [6, 6.07) is 10.2. The first-order chi connectivity index (χ1) is 11.1. The fourth-order valence-corrected chi connectivity index (χ4v) is 2.55. The molecule has 1 amide bonds. The third kappa shape index (κ3) is 6.67. The summed E-state index contributed by atoms with van der Waals surface area (Å²) < 4.78 is 0. The fourth-order valence-electron chi connectivity index (χ4n) is 2.55. The number of aliphatic imine (C=N–C) groups is 1. The molecule has 134 valence electrons. The summed E-state index contributed by atoms with van der Waals surface area (Å²) in [4.78, 5) is 20.4. The van der Waals surface area contributed by atoms with Crippen molar-refractivity contribution in [3.05, 3.63) is 35.9 Å². The maximum Gasteiger partial charge on any atom is 0.241 e. The van der Waals surface area contributed by atoms with E-state index in [9.17, 15) is 4.79 Å². The SMILES string of the molecule is CC1CCN(C(=NCc2ccccc2)NCC(=O)N(C)C)CC1.I. The first-order valence-corrected chi connectivity index (χ1v) is 8.33. The van der Waals surface area contributed by atoms with E-state index in [2.05, 4.69) is 29.3 Å². The lowest BCUT2D eigenvalue weighted by Gasteiger charge is -2.33. The number of benzene rings is 1. The van der Waals surface area contributed by atoms with Gasteiger partial charge < -0.3 is 15.1 Å². The van der Waals surface area contributed by atoms with E-state index < -0.39 is 0 Å². The summed E-state index contributed by atoms with van der Waals surface area (Å²) >= 11 is 0. The molecule has 1 heterocycles. The average molecular weight is 444 g/mol. The topological polar surface area (TPSA) is 47.9 Å². The number of rotatable bonds is 4. The fraction of sp³-hybridized carbons (Fsp3) is 0.556. The van der Waals surface area contributed by atoms with Gasteiger partial charge in [0.25, 0.3) is 0 Å². The maximum absolute atomic E-state index is 11.8. The Labute approximate surface area is 162 Å². The van der Waals surface area contributed by atoms with Gasteiger partial charge in [0.15, 0.2) is 5.96 Å². The number of hydrogen-bond acceptors (Lipinski definition) is 2. The van der Waals surface area contributed by atoms with Crippen LogP contribution in [0.3, 0.4) is 0 Å². The van der Waals surface area contributed by atoms with Crippen LogP contribution in [0.2, 0.25) is 0 Å². The third-order valence-corrected chi connectivity index (χ3v) is 4.23. The molecule has 5 nitrogen and oxygen atoms in total. The van der Waals surface area contributed by atoms with E-state index in [1.165, 1.54) is 18.4 Å². The molecule has 0 saturated carbocycles. The number of piperidine rings is 1. The summed E-state index contributed by atoms with van der Waals surface area (Å²) in [6.45, 7) is 5.20. The van der Waals surface area contributed by atoms with Crippen LogP contribution in [0.25, 0.3) is 0 Å². The van der Waals surface area contributed by atoms with E-state index in [0.717, 1.165) is 25.0 Å². The zero-order valence-corrected chi connectivity index (χ0v) is 17.2. The molecular weight excluding hydrogens is 415 g/mol. The van der Waals surface area contributed by atoms with Gasteiger partial charge in [-0.05, 0) is 24.3 Å². The molecule has 1 aromatic carbocycles. The highest BCUT2D eigenvalue weighted by molar-refractivity contribution is 14.0. The van der Waals surface area contributed by atoms with Crippen LogP contribution in [-0.2, 0) is 11.3 Å². The lowest BCUT2D eigenvalue weighted by atomic mass is 9.99. The molecule has 0 aromatic heterocycles. The lowest BCUT2D eigenvalue weighted by molar-refractivity contribution is -0.127. The molecule has 1 aromatic rings. The van der Waals surface area contributed by atoms with Crippen LogP contribution in [0.1, 0.15) is 25.3 Å². The predicted molar refractivity (Wildman–Crippen MR) is 110 cm³/mol. The largest absolute Gasteiger partial charge is 0.347 e. The quantitative estimate of drug-likeness (QED) is 0.441. The summed E-state index contributed by atoms with van der Waals surface area (Å²) in [5.74, 6) is 1.67. The monoisotopic (exact) mass is 444 g/mol. The number of likely N-dealkylation sites (N-methyl/N-ethyl adjacent to an activating group) is 1. The molecule has 0 bridgehead atoms. The lowest BCUT2D eigenvalue weighted by Crippen LogP contribution is -2.48. The molecule has 1 aliphatic rings. The minimum atomic E-state index is 0. The van der Waals surface area contributed by atoms with Crippen molar-refractivity contribution in [2.75, 3.05) is 33.7 Å².